The number of carbonyl (C=O) groups excluding carboxylic acids is 4. The molecule has 3 aliphatic rings. The fraction of sp³-hybridized carbons (Fsp3) is 0.484. The Labute approximate surface area is 797 Å². The lowest BCUT2D eigenvalue weighted by Gasteiger charge is -2.32. The van der Waals surface area contributed by atoms with Crippen molar-refractivity contribution in [3.05, 3.63) is 208 Å². The Balaban J connectivity index is 0.000000736. The molecule has 0 unspecified atom stereocenters. The van der Waals surface area contributed by atoms with Crippen LogP contribution in [0.5, 0.6) is 0 Å². The number of aliphatic hydroxyl groups excluding tert-OH is 3. The number of methoxy groups -OCH3 is 1. The van der Waals surface area contributed by atoms with Gasteiger partial charge in [-0.05, 0) is 146 Å². The van der Waals surface area contributed by atoms with Crippen LogP contribution in [-0.4, -0.2) is 160 Å². The van der Waals surface area contributed by atoms with E-state index in [1.165, 1.54) is 60.0 Å². The highest BCUT2D eigenvalue weighted by atomic mass is 79.9. The number of aromatic nitrogens is 4. The van der Waals surface area contributed by atoms with Crippen molar-refractivity contribution in [1.82, 2.24) is 40.4 Å². The largest absolute Gasteiger partial charge is 0.481 e. The molecule has 9 aromatic rings. The first kappa shape index (κ1) is 117. The molecule has 3 amide bonds. The molecule has 33 heteroatoms. The number of aliphatic hydroxyl groups is 3. The summed E-state index contributed by atoms with van der Waals surface area (Å²) in [7, 11) is 1.34. The summed E-state index contributed by atoms with van der Waals surface area (Å²) >= 11 is 13.3. The molecule has 7 heterocycles. The number of ether oxygens (including phenoxy) is 1. The molecule has 4 aromatic heterocycles. The molecule has 15 N–H and O–H groups in total. The van der Waals surface area contributed by atoms with Crippen molar-refractivity contribution in [2.24, 2.45) is 51.0 Å². The van der Waals surface area contributed by atoms with Gasteiger partial charge in [-0.3, -0.25) is 29.0 Å². The average Bonchev–Trinajstić information content (AvgIpc) is 1.65. The van der Waals surface area contributed by atoms with E-state index in [9.17, 15) is 39.0 Å². The minimum absolute atomic E-state index is 0. The van der Waals surface area contributed by atoms with E-state index >= 15 is 0 Å². The Bertz CT molecular complexity index is 4540. The fourth-order valence-corrected chi connectivity index (χ4v) is 15.5. The summed E-state index contributed by atoms with van der Waals surface area (Å²) in [6, 6.07) is 38.7. The van der Waals surface area contributed by atoms with Crippen LogP contribution in [0.15, 0.2) is 158 Å². The molecule has 3 saturated heterocycles. The lowest BCUT2D eigenvalue weighted by Crippen LogP contribution is -2.55. The third kappa shape index (κ3) is 38.9. The maximum Gasteiger partial charge on any atom is 0.326 e. The predicted octanol–water partition coefficient (Wildman–Crippen LogP) is 19.0. The van der Waals surface area contributed by atoms with Crippen molar-refractivity contribution in [1.29, 1.82) is 0 Å². The number of aliphatic carboxylic acids is 2. The maximum absolute atomic E-state index is 13.0. The van der Waals surface area contributed by atoms with Gasteiger partial charge in [-0.15, -0.1) is 82.6 Å². The Morgan fingerprint density at radius 2 is 0.841 bits per heavy atom. The molecular formula is C93H135Br2Cl3N12O12S4. The van der Waals surface area contributed by atoms with E-state index < -0.39 is 53.8 Å². The summed E-state index contributed by atoms with van der Waals surface area (Å²) < 4.78 is 6.71. The Morgan fingerprint density at radius 3 is 1.11 bits per heavy atom. The standard InChI is InChI=1S/C23H32N4O3S.2C12H14N2S.C12H21NO4.C9H11Br.C8H10BrN.C7H14O2.C6H11NO3.C4H5NS.3ClH/c1-13(15-6-8-16(9-7-15)19-14(2)25-12-31-19)26-21(29)18-10-17(28)11-27(18)22(30)20(24)23(3,4)5;2*1-8(13)10-3-5-11(6-4-10)12-9(2)14-7-15-12;1-7(12(2,3)4)10(15)13-6-8(14)5-9(13)11(16)17;1-7(2)8-3-5-9(10)6-4-8;1-6(10)7-2-4-8(9)5-3-7;1-5(6(8)9)7(2,3)4;1-10-6(9)5-2-4(8)3-7-5;1-4-2-6-3-5-4;;;/h6-9,12-13,17-18,20,28H,10-11,24H2,1-5H3,(H,26,29);2*3-8H,13H2,1-2H3;7-9,14H,5-6H2,1-4H3,(H,16,17);3-7H,1-2H3;2-6H,10H2,1H3;5H,1-4H3,(H,8,9);4-5,7-8H,2-3H2,1H3;2-3H,1H3;3*1H/t13-,17+,18-,20+;2*8-;7-,8-,9+;;6-;5-;4-,5+;;;;/m0001.011..../s1. The molecule has 698 valence electrons. The van der Waals surface area contributed by atoms with Crippen LogP contribution >= 0.6 is 114 Å². The second-order valence-corrected chi connectivity index (χ2v) is 39.6. The molecule has 0 aliphatic carbocycles. The maximum atomic E-state index is 13.0. The van der Waals surface area contributed by atoms with E-state index in [2.05, 4.69) is 154 Å². The van der Waals surface area contributed by atoms with E-state index in [0.29, 0.717) is 18.9 Å². The molecule has 0 saturated carbocycles. The van der Waals surface area contributed by atoms with Crippen LogP contribution in [0, 0.1) is 55.8 Å². The van der Waals surface area contributed by atoms with Crippen LogP contribution in [0.4, 0.5) is 0 Å². The highest BCUT2D eigenvalue weighted by molar-refractivity contribution is 9.10. The summed E-state index contributed by atoms with van der Waals surface area (Å²) in [5, 5.41) is 54.0. The normalized spacial score (nSPS) is 17.8. The number of halogens is 5. The molecular weight excluding hydrogens is 1870 g/mol. The van der Waals surface area contributed by atoms with E-state index in [0.717, 1.165) is 47.7 Å². The number of thiazole rings is 4. The summed E-state index contributed by atoms with van der Waals surface area (Å²) in [6.45, 7) is 41.8. The van der Waals surface area contributed by atoms with E-state index in [4.69, 9.17) is 38.3 Å². The van der Waals surface area contributed by atoms with Gasteiger partial charge >= 0.3 is 17.9 Å². The number of nitrogens with one attached hydrogen (secondary N) is 2. The molecule has 12 rings (SSSR count). The zero-order valence-corrected chi connectivity index (χ0v) is 85.3. The smallest absolute Gasteiger partial charge is 0.326 e. The van der Waals surface area contributed by atoms with Crippen LogP contribution in [0.1, 0.15) is 218 Å². The van der Waals surface area contributed by atoms with E-state index in [-0.39, 0.29) is 140 Å². The third-order valence-corrected chi connectivity index (χ3v) is 25.7. The monoisotopic (exact) mass is 2000 g/mol. The summed E-state index contributed by atoms with van der Waals surface area (Å²) in [5.41, 5.74) is 43.7. The number of aryl methyl sites for hydroxylation is 4. The highest BCUT2D eigenvalue weighted by Gasteiger charge is 2.44. The van der Waals surface area contributed by atoms with Crippen molar-refractivity contribution in [2.45, 2.75) is 237 Å². The lowest BCUT2D eigenvalue weighted by atomic mass is 9.81. The predicted molar refractivity (Wildman–Crippen MR) is 529 cm³/mol. The number of carbonyl (C=O) groups is 6. The van der Waals surface area contributed by atoms with Gasteiger partial charge < -0.3 is 73.6 Å². The van der Waals surface area contributed by atoms with Crippen LogP contribution in [0.2, 0.25) is 0 Å². The summed E-state index contributed by atoms with van der Waals surface area (Å²) in [6.07, 6.45) is -1.06. The summed E-state index contributed by atoms with van der Waals surface area (Å²) in [5.74, 6) is -2.74. The molecule has 0 radical (unpaired) electrons. The number of likely N-dealkylation sites (tertiary alicyclic amines) is 2. The Morgan fingerprint density at radius 1 is 0.484 bits per heavy atom. The van der Waals surface area contributed by atoms with Gasteiger partial charge in [-0.25, -0.2) is 19.7 Å². The van der Waals surface area contributed by atoms with Crippen LogP contribution in [0.3, 0.4) is 0 Å². The fourth-order valence-electron chi connectivity index (χ4n) is 12.0. The average molecular weight is 2010 g/mol. The third-order valence-electron chi connectivity index (χ3n) is 21.0. The topological polar surface area (TPSA) is 399 Å². The van der Waals surface area contributed by atoms with Gasteiger partial charge in [-0.2, -0.15) is 0 Å². The van der Waals surface area contributed by atoms with Crippen molar-refractivity contribution in [2.75, 3.05) is 26.7 Å². The molecule has 24 nitrogen and oxygen atoms in total. The quantitative estimate of drug-likeness (QED) is 0.0425. The molecule has 0 spiro atoms. The van der Waals surface area contributed by atoms with Gasteiger partial charge in [0.15, 0.2) is 0 Å². The molecule has 3 fully saturated rings. The number of amides is 3. The van der Waals surface area contributed by atoms with Gasteiger partial charge in [-0.1, -0.05) is 219 Å². The van der Waals surface area contributed by atoms with E-state index in [1.54, 1.807) is 59.2 Å². The summed E-state index contributed by atoms with van der Waals surface area (Å²) in [4.78, 5) is 93.3. The van der Waals surface area contributed by atoms with Crippen molar-refractivity contribution >= 4 is 150 Å². The Hall–Kier alpha value is -7.05. The number of carboxylic acid groups (broad SMARTS) is 2. The number of hydrogen-bond donors (Lipinski definition) is 11. The highest BCUT2D eigenvalue weighted by Crippen LogP contribution is 2.35. The molecule has 126 heavy (non-hydrogen) atoms. The molecule has 0 bridgehead atoms. The number of nitrogens with two attached hydrogens (primary N) is 4. The van der Waals surface area contributed by atoms with Crippen LogP contribution in [-0.2, 0) is 33.5 Å². The van der Waals surface area contributed by atoms with Crippen LogP contribution in [0.25, 0.3) is 31.3 Å². The first-order valence-corrected chi connectivity index (χ1v) is 46.2. The van der Waals surface area contributed by atoms with Gasteiger partial charge in [0.25, 0.3) is 0 Å². The minimum atomic E-state index is -1.05. The number of nitrogens with zero attached hydrogens (tertiary/aromatic N) is 6. The number of β-amino-alcohol motifs (C(OH)–C–C–N with tert-alkyl or cyclic N) is 3. The first-order chi connectivity index (χ1) is 57.4. The Kier molecular flexibility index (Phi) is 51.8. The van der Waals surface area contributed by atoms with Gasteiger partial charge in [0.1, 0.15) is 18.1 Å². The second kappa shape index (κ2) is 55.9. The lowest BCUT2D eigenvalue weighted by molar-refractivity contribution is -0.151. The van der Waals surface area contributed by atoms with Crippen molar-refractivity contribution in [3.8, 4) is 31.3 Å². The molecule has 13 atom stereocenters. The van der Waals surface area contributed by atoms with Crippen molar-refractivity contribution in [3.63, 3.8) is 0 Å². The second-order valence-electron chi connectivity index (χ2n) is 34.5. The number of carboxylic acids is 2. The molecule has 3 aliphatic heterocycles. The van der Waals surface area contributed by atoms with Gasteiger partial charge in [0, 0.05) is 83.0 Å². The zero-order chi connectivity index (χ0) is 92.7. The number of esters is 1. The van der Waals surface area contributed by atoms with Gasteiger partial charge in [0.05, 0.1) is 97.2 Å². The number of benzene rings is 5. The minimum Gasteiger partial charge on any atom is -0.481 e. The van der Waals surface area contributed by atoms with Crippen molar-refractivity contribution < 1.29 is 59.0 Å². The van der Waals surface area contributed by atoms with E-state index in [1.807, 2.05) is 194 Å². The first-order valence-electron chi connectivity index (χ1n) is 41.0. The zero-order valence-electron chi connectivity index (χ0n) is 76.5. The van der Waals surface area contributed by atoms with Gasteiger partial charge in [0.2, 0.25) is 17.7 Å². The number of hydrogen-bond acceptors (Lipinski definition) is 23. The SMILES string of the molecule is CC(C)c1ccc(Br)cc1.COC(=O)[C@@H]1C[C@@H](O)CN1.C[C@H](C(=O)N1C[C@H](O)C[C@H]1C(=O)O)C(C)(C)C.C[C@H](C(=O)O)C(C)(C)C.C[C@H](N)c1ccc(Br)cc1.Cc1cscn1.Cc1ncsc1-c1ccc([C@H](C)N)cc1.Cc1ncsc1-c1ccc([C@H](C)N)cc1.Cc1ncsc1-c1ccc([C@H](C)NC(=O)[C@@H]2C[C@@H](O)CN2C(=O)[C@@H](N)C(C)(C)C)cc1.Cl.Cl.Cl. The number of rotatable bonds is 15. The molecule has 5 aromatic carbocycles. The van der Waals surface area contributed by atoms with Crippen LogP contribution < -0.4 is 33.6 Å².